The number of fused-ring (bicyclic) bond motifs is 3. The third-order valence-electron chi connectivity index (χ3n) is 6.15. The summed E-state index contributed by atoms with van der Waals surface area (Å²) in [5, 5.41) is 9.91. The maximum absolute atomic E-state index is 13.5. The van der Waals surface area contributed by atoms with Gasteiger partial charge in [0.15, 0.2) is 5.16 Å². The van der Waals surface area contributed by atoms with Crippen molar-refractivity contribution in [3.63, 3.8) is 0 Å². The molecule has 2 aromatic heterocycles. The van der Waals surface area contributed by atoms with Crippen LogP contribution in [-0.2, 0) is 11.3 Å². The van der Waals surface area contributed by atoms with Gasteiger partial charge in [-0.15, -0.1) is 10.2 Å². The van der Waals surface area contributed by atoms with E-state index in [1.807, 2.05) is 109 Å². The van der Waals surface area contributed by atoms with Gasteiger partial charge in [-0.2, -0.15) is 0 Å². The highest BCUT2D eigenvalue weighted by atomic mass is 32.2. The van der Waals surface area contributed by atoms with Crippen molar-refractivity contribution in [2.75, 3.05) is 5.75 Å². The molecule has 0 aliphatic heterocycles. The summed E-state index contributed by atoms with van der Waals surface area (Å²) >= 11 is 1.33. The summed E-state index contributed by atoms with van der Waals surface area (Å²) in [6.45, 7) is 6.59. The van der Waals surface area contributed by atoms with Crippen LogP contribution in [0.15, 0.2) is 88.8 Å². The zero-order valence-electron chi connectivity index (χ0n) is 20.5. The van der Waals surface area contributed by atoms with Crippen LogP contribution in [0.5, 0.6) is 0 Å². The van der Waals surface area contributed by atoms with Crippen LogP contribution in [0.2, 0.25) is 0 Å². The van der Waals surface area contributed by atoms with Gasteiger partial charge < -0.3 is 4.90 Å². The first-order valence-electron chi connectivity index (χ1n) is 11.9. The average Bonchev–Trinajstić information content (AvgIpc) is 3.31. The molecule has 0 fully saturated rings. The number of thioether (sulfide) groups is 1. The second-order valence-electron chi connectivity index (χ2n) is 9.00. The van der Waals surface area contributed by atoms with Gasteiger partial charge in [-0.05, 0) is 50.6 Å². The fraction of sp³-hybridized carbons (Fsp3) is 0.214. The summed E-state index contributed by atoms with van der Waals surface area (Å²) in [6, 6.07) is 25.2. The van der Waals surface area contributed by atoms with E-state index in [0.717, 1.165) is 16.8 Å². The van der Waals surface area contributed by atoms with Gasteiger partial charge in [-0.1, -0.05) is 71.9 Å². The van der Waals surface area contributed by atoms with E-state index >= 15 is 0 Å². The molecule has 0 spiro atoms. The van der Waals surface area contributed by atoms with Crippen LogP contribution in [0.25, 0.3) is 22.4 Å². The number of aryl methyl sites for hydroxylation is 1. The number of benzene rings is 3. The Bertz CT molecular complexity index is 1590. The average molecular weight is 498 g/mol. The molecule has 0 radical (unpaired) electrons. The molecule has 2 heterocycles. The molecule has 0 saturated heterocycles. The van der Waals surface area contributed by atoms with E-state index < -0.39 is 0 Å². The second-order valence-corrected chi connectivity index (χ2v) is 9.94. The van der Waals surface area contributed by atoms with Crippen LogP contribution < -0.4 is 5.56 Å². The highest BCUT2D eigenvalue weighted by Gasteiger charge is 2.21. The third-order valence-corrected chi connectivity index (χ3v) is 7.06. The summed E-state index contributed by atoms with van der Waals surface area (Å²) in [5.74, 6) is 0.651. The van der Waals surface area contributed by atoms with Crippen LogP contribution in [0.4, 0.5) is 0 Å². The standard InChI is InChI=1S/C28H27N5O2S/c1-19(2)31(17-21-9-5-4-6-10-21)25(34)18-36-28-30-29-27-32(22-15-13-20(3)14-16-22)26(35)23-11-7-8-12-24(23)33(27)28/h4-16,19H,17-18H2,1-3H3. The maximum atomic E-state index is 13.5. The van der Waals surface area contributed by atoms with Crippen molar-refractivity contribution < 1.29 is 4.79 Å². The number of carbonyl (C=O) groups is 1. The molecule has 5 rings (SSSR count). The summed E-state index contributed by atoms with van der Waals surface area (Å²) < 4.78 is 3.45. The normalized spacial score (nSPS) is 11.4. The Morgan fingerprint density at radius 2 is 1.64 bits per heavy atom. The molecule has 0 atom stereocenters. The second kappa shape index (κ2) is 9.99. The molecule has 8 heteroatoms. The monoisotopic (exact) mass is 497 g/mol. The Labute approximate surface area is 213 Å². The molecule has 0 bridgehead atoms. The van der Waals surface area contributed by atoms with E-state index in [9.17, 15) is 9.59 Å². The lowest BCUT2D eigenvalue weighted by Crippen LogP contribution is -2.37. The molecule has 0 aliphatic rings. The first-order valence-corrected chi connectivity index (χ1v) is 12.8. The summed E-state index contributed by atoms with van der Waals surface area (Å²) in [6.07, 6.45) is 0. The largest absolute Gasteiger partial charge is 0.335 e. The molecule has 7 nitrogen and oxygen atoms in total. The number of amides is 1. The fourth-order valence-corrected chi connectivity index (χ4v) is 5.07. The van der Waals surface area contributed by atoms with Gasteiger partial charge in [-0.3, -0.25) is 14.0 Å². The van der Waals surface area contributed by atoms with Crippen molar-refractivity contribution in [1.29, 1.82) is 0 Å². The maximum Gasteiger partial charge on any atom is 0.267 e. The minimum atomic E-state index is -0.157. The number of aromatic nitrogens is 4. The van der Waals surface area contributed by atoms with Gasteiger partial charge >= 0.3 is 0 Å². The van der Waals surface area contributed by atoms with E-state index in [1.54, 1.807) is 4.57 Å². The fourth-order valence-electron chi connectivity index (χ4n) is 4.25. The minimum Gasteiger partial charge on any atom is -0.335 e. The van der Waals surface area contributed by atoms with Crippen molar-refractivity contribution in [2.24, 2.45) is 0 Å². The molecule has 0 saturated carbocycles. The Balaban J connectivity index is 1.52. The Hall–Kier alpha value is -3.91. The zero-order chi connectivity index (χ0) is 25.2. The van der Waals surface area contributed by atoms with Crippen molar-refractivity contribution >= 4 is 34.3 Å². The van der Waals surface area contributed by atoms with Gasteiger partial charge in [0, 0.05) is 12.6 Å². The number of rotatable bonds is 7. The van der Waals surface area contributed by atoms with E-state index in [4.69, 9.17) is 0 Å². The van der Waals surface area contributed by atoms with Crippen molar-refractivity contribution in [3.8, 4) is 5.69 Å². The van der Waals surface area contributed by atoms with Crippen molar-refractivity contribution in [3.05, 3.63) is 100 Å². The number of hydrogen-bond donors (Lipinski definition) is 0. The number of nitrogens with zero attached hydrogens (tertiary/aromatic N) is 5. The quantitative estimate of drug-likeness (QED) is 0.300. The van der Waals surface area contributed by atoms with Gasteiger partial charge in [-0.25, -0.2) is 4.57 Å². The number of hydrogen-bond acceptors (Lipinski definition) is 5. The third kappa shape index (κ3) is 4.52. The molecule has 1 amide bonds. The van der Waals surface area contributed by atoms with Gasteiger partial charge in [0.05, 0.1) is 22.3 Å². The van der Waals surface area contributed by atoms with Crippen LogP contribution in [0.1, 0.15) is 25.0 Å². The van der Waals surface area contributed by atoms with E-state index in [0.29, 0.717) is 28.4 Å². The molecule has 182 valence electrons. The molecular weight excluding hydrogens is 470 g/mol. The molecule has 5 aromatic rings. The zero-order valence-corrected chi connectivity index (χ0v) is 21.3. The summed E-state index contributed by atoms with van der Waals surface area (Å²) in [5.41, 5.74) is 3.47. The number of para-hydroxylation sites is 1. The summed E-state index contributed by atoms with van der Waals surface area (Å²) in [7, 11) is 0. The topological polar surface area (TPSA) is 72.5 Å². The smallest absolute Gasteiger partial charge is 0.267 e. The molecular formula is C28H27N5O2S. The Morgan fingerprint density at radius 3 is 2.36 bits per heavy atom. The highest BCUT2D eigenvalue weighted by Crippen LogP contribution is 2.24. The van der Waals surface area contributed by atoms with E-state index in [-0.39, 0.29) is 23.3 Å². The first kappa shape index (κ1) is 23.8. The minimum absolute atomic E-state index is 0.0202. The lowest BCUT2D eigenvalue weighted by Gasteiger charge is -2.26. The lowest BCUT2D eigenvalue weighted by molar-refractivity contribution is -0.130. The molecule has 36 heavy (non-hydrogen) atoms. The Kier molecular flexibility index (Phi) is 6.61. The van der Waals surface area contributed by atoms with E-state index in [1.165, 1.54) is 11.8 Å². The van der Waals surface area contributed by atoms with Crippen LogP contribution in [-0.4, -0.2) is 41.8 Å². The predicted molar refractivity (Wildman–Crippen MR) is 144 cm³/mol. The molecule has 0 N–H and O–H groups in total. The molecule has 3 aromatic carbocycles. The summed E-state index contributed by atoms with van der Waals surface area (Å²) in [4.78, 5) is 28.6. The molecule has 0 aliphatic carbocycles. The number of carbonyl (C=O) groups excluding carboxylic acids is 1. The predicted octanol–water partition coefficient (Wildman–Crippen LogP) is 4.87. The van der Waals surface area contributed by atoms with Gasteiger partial charge in [0.2, 0.25) is 11.7 Å². The van der Waals surface area contributed by atoms with Crippen LogP contribution in [0.3, 0.4) is 0 Å². The van der Waals surface area contributed by atoms with Crippen molar-refractivity contribution in [1.82, 2.24) is 24.1 Å². The highest BCUT2D eigenvalue weighted by molar-refractivity contribution is 7.99. The van der Waals surface area contributed by atoms with Gasteiger partial charge in [0.25, 0.3) is 5.56 Å². The lowest BCUT2D eigenvalue weighted by atomic mass is 10.2. The van der Waals surface area contributed by atoms with Crippen LogP contribution in [0, 0.1) is 6.92 Å². The van der Waals surface area contributed by atoms with Crippen LogP contribution >= 0.6 is 11.8 Å². The van der Waals surface area contributed by atoms with Crippen molar-refractivity contribution in [2.45, 2.75) is 38.5 Å². The first-order chi connectivity index (χ1) is 17.4. The SMILES string of the molecule is Cc1ccc(-n2c(=O)c3ccccc3n3c(SCC(=O)N(Cc4ccccc4)C(C)C)nnc23)cc1. The van der Waals surface area contributed by atoms with Gasteiger partial charge in [0.1, 0.15) is 0 Å². The molecule has 0 unspecified atom stereocenters. The Morgan fingerprint density at radius 1 is 0.944 bits per heavy atom. The van der Waals surface area contributed by atoms with E-state index in [2.05, 4.69) is 10.2 Å².